The van der Waals surface area contributed by atoms with Crippen molar-refractivity contribution in [1.29, 1.82) is 0 Å². The van der Waals surface area contributed by atoms with E-state index < -0.39 is 57.5 Å². The molecule has 15 heteroatoms. The summed E-state index contributed by atoms with van der Waals surface area (Å²) in [6.07, 6.45) is -1.16. The van der Waals surface area contributed by atoms with Crippen LogP contribution in [0.25, 0.3) is 11.3 Å². The highest BCUT2D eigenvalue weighted by Gasteiger charge is 2.38. The number of nitrogens with zero attached hydrogens (tertiary/aromatic N) is 6. The predicted molar refractivity (Wildman–Crippen MR) is 147 cm³/mol. The third-order valence-electron chi connectivity index (χ3n) is 7.87. The average Bonchev–Trinajstić information content (AvgIpc) is 3.40. The molecule has 0 aliphatic carbocycles. The van der Waals surface area contributed by atoms with E-state index in [-0.39, 0.29) is 61.5 Å². The van der Waals surface area contributed by atoms with Gasteiger partial charge in [-0.15, -0.1) is 0 Å². The number of piperazine rings is 1. The topological polar surface area (TPSA) is 101 Å². The number of benzene rings is 1. The molecule has 228 valence electrons. The second-order valence-electron chi connectivity index (χ2n) is 10.7. The van der Waals surface area contributed by atoms with E-state index in [1.54, 1.807) is 4.90 Å². The Bertz CT molecular complexity index is 1660. The Hall–Kier alpha value is -4.40. The molecule has 2 aliphatic heterocycles. The number of carbonyl (C=O) groups is 1. The van der Waals surface area contributed by atoms with Crippen molar-refractivity contribution in [2.75, 3.05) is 43.0 Å². The van der Waals surface area contributed by atoms with Crippen LogP contribution in [-0.4, -0.2) is 70.7 Å². The molecule has 2 atom stereocenters. The number of carbonyl (C=O) groups excluding carboxylic acids is 1. The lowest BCUT2D eigenvalue weighted by Crippen LogP contribution is -2.55. The van der Waals surface area contributed by atoms with Crippen molar-refractivity contribution in [2.45, 2.75) is 32.1 Å². The molecule has 2 N–H and O–H groups in total. The zero-order valence-corrected chi connectivity index (χ0v) is 23.3. The molecule has 3 aromatic rings. The monoisotopic (exact) mass is 607 g/mol. The van der Waals surface area contributed by atoms with Crippen molar-refractivity contribution < 1.29 is 31.1 Å². The van der Waals surface area contributed by atoms with Gasteiger partial charge >= 0.3 is 6.18 Å². The Labute approximate surface area is 241 Å². The second kappa shape index (κ2) is 11.0. The van der Waals surface area contributed by atoms with E-state index in [0.717, 1.165) is 18.5 Å². The van der Waals surface area contributed by atoms with Gasteiger partial charge in [0.25, 0.3) is 11.5 Å². The Balaban J connectivity index is 1.70. The molecule has 43 heavy (non-hydrogen) atoms. The first-order chi connectivity index (χ1) is 20.2. The van der Waals surface area contributed by atoms with Gasteiger partial charge in [0.2, 0.25) is 5.95 Å². The van der Waals surface area contributed by atoms with Crippen LogP contribution in [-0.2, 0) is 6.18 Å². The quantitative estimate of drug-likeness (QED) is 0.443. The minimum atomic E-state index is -5.10. The van der Waals surface area contributed by atoms with E-state index in [0.29, 0.717) is 10.8 Å². The van der Waals surface area contributed by atoms with Crippen molar-refractivity contribution in [1.82, 2.24) is 19.4 Å². The minimum Gasteiger partial charge on any atom is -0.367 e. The number of alkyl halides is 3. The third-order valence-corrected chi connectivity index (χ3v) is 7.87. The number of anilines is 2. The lowest BCUT2D eigenvalue weighted by molar-refractivity contribution is -0.138. The summed E-state index contributed by atoms with van der Waals surface area (Å²) in [4.78, 5) is 38.2. The molecule has 0 spiro atoms. The van der Waals surface area contributed by atoms with Gasteiger partial charge in [0.15, 0.2) is 11.6 Å². The first-order valence-electron chi connectivity index (χ1n) is 13.2. The molecule has 2 aliphatic rings. The summed E-state index contributed by atoms with van der Waals surface area (Å²) in [5.41, 5.74) is 0.328. The van der Waals surface area contributed by atoms with E-state index in [9.17, 15) is 27.2 Å². The van der Waals surface area contributed by atoms with Crippen LogP contribution in [0.2, 0.25) is 0 Å². The number of amides is 1. The maximum Gasteiger partial charge on any atom is 0.417 e. The molecule has 4 heterocycles. The fourth-order valence-corrected chi connectivity index (χ4v) is 5.46. The van der Waals surface area contributed by atoms with Crippen LogP contribution in [0.4, 0.5) is 38.0 Å². The Morgan fingerprint density at radius 3 is 2.23 bits per heavy atom. The van der Waals surface area contributed by atoms with Crippen molar-refractivity contribution in [3.05, 3.63) is 81.3 Å². The first kappa shape index (κ1) is 30.1. The lowest BCUT2D eigenvalue weighted by atomic mass is 10.0. The van der Waals surface area contributed by atoms with Gasteiger partial charge in [-0.3, -0.25) is 19.1 Å². The summed E-state index contributed by atoms with van der Waals surface area (Å²) < 4.78 is 87.4. The molecular weight excluding hydrogens is 580 g/mol. The zero-order valence-electron chi connectivity index (χ0n) is 23.3. The normalized spacial score (nSPS) is 19.6. The molecule has 5 rings (SSSR count). The van der Waals surface area contributed by atoms with E-state index >= 15 is 8.78 Å². The number of hydrogen-bond acceptors (Lipinski definition) is 7. The van der Waals surface area contributed by atoms with Gasteiger partial charge in [-0.2, -0.15) is 13.2 Å². The number of halogens is 6. The van der Waals surface area contributed by atoms with Crippen LogP contribution in [0.15, 0.2) is 41.6 Å². The van der Waals surface area contributed by atoms with Gasteiger partial charge in [0.05, 0.1) is 34.8 Å². The number of pyridine rings is 1. The summed E-state index contributed by atoms with van der Waals surface area (Å²) in [5, 5.41) is 0. The maximum atomic E-state index is 16.7. The molecule has 1 saturated heterocycles. The van der Waals surface area contributed by atoms with Gasteiger partial charge in [-0.05, 0) is 26.5 Å². The molecule has 2 aromatic heterocycles. The summed E-state index contributed by atoms with van der Waals surface area (Å²) in [5.74, 6) is -4.24. The molecule has 0 unspecified atom stereocenters. The van der Waals surface area contributed by atoms with Crippen molar-refractivity contribution in [3.8, 4) is 5.69 Å². The standard InChI is InChI=1S/C28H27F6N7O2/c1-14-10-40(11-15(2)38(14)3)21-7-20(30)23(16-4-5-39(12-16)27-36-8-17(29)9-37-27)24(31)25(21)41-13-18(26(35)43)19(6-22(41)42)28(32,33)34/h4,6-9,13-15H,5,10-12H2,1-3H3,(H2,35,43)/t14-,15+. The number of hydrogen-bond donors (Lipinski definition) is 1. The lowest BCUT2D eigenvalue weighted by Gasteiger charge is -2.44. The predicted octanol–water partition coefficient (Wildman–Crippen LogP) is 3.59. The van der Waals surface area contributed by atoms with Gasteiger partial charge in [0.1, 0.15) is 11.5 Å². The maximum absolute atomic E-state index is 16.7. The summed E-state index contributed by atoms with van der Waals surface area (Å²) in [6.45, 7) is 4.39. The molecule has 1 fully saturated rings. The fraction of sp³-hybridized carbons (Fsp3) is 0.357. The highest BCUT2D eigenvalue weighted by molar-refractivity contribution is 5.94. The van der Waals surface area contributed by atoms with Crippen molar-refractivity contribution >= 4 is 23.1 Å². The van der Waals surface area contributed by atoms with Gasteiger partial charge in [0, 0.05) is 56.6 Å². The molecule has 1 amide bonds. The number of aromatic nitrogens is 3. The van der Waals surface area contributed by atoms with Crippen LogP contribution >= 0.6 is 0 Å². The Kier molecular flexibility index (Phi) is 7.71. The average molecular weight is 608 g/mol. The minimum absolute atomic E-state index is 0.0832. The smallest absolute Gasteiger partial charge is 0.367 e. The summed E-state index contributed by atoms with van der Waals surface area (Å²) in [7, 11) is 1.89. The van der Waals surface area contributed by atoms with Crippen LogP contribution in [0, 0.1) is 17.5 Å². The molecule has 9 nitrogen and oxygen atoms in total. The molecule has 0 bridgehead atoms. The largest absolute Gasteiger partial charge is 0.417 e. The van der Waals surface area contributed by atoms with Crippen molar-refractivity contribution in [3.63, 3.8) is 0 Å². The van der Waals surface area contributed by atoms with Crippen LogP contribution in [0.5, 0.6) is 0 Å². The van der Waals surface area contributed by atoms with E-state index in [2.05, 4.69) is 14.9 Å². The fourth-order valence-electron chi connectivity index (χ4n) is 5.46. The van der Waals surface area contributed by atoms with E-state index in [1.165, 1.54) is 11.0 Å². The van der Waals surface area contributed by atoms with Gasteiger partial charge in [-0.1, -0.05) is 6.08 Å². The van der Waals surface area contributed by atoms with Crippen molar-refractivity contribution in [2.24, 2.45) is 5.73 Å². The van der Waals surface area contributed by atoms with E-state index in [4.69, 9.17) is 5.73 Å². The molecule has 0 saturated carbocycles. The molecule has 1 aromatic carbocycles. The first-order valence-corrected chi connectivity index (χ1v) is 13.2. The van der Waals surface area contributed by atoms with E-state index in [1.807, 2.05) is 20.9 Å². The number of nitrogens with two attached hydrogens (primary N) is 1. The zero-order chi connectivity index (χ0) is 31.4. The third kappa shape index (κ3) is 5.56. The number of rotatable bonds is 5. The molecule has 0 radical (unpaired) electrons. The van der Waals surface area contributed by atoms with Crippen LogP contribution in [0.3, 0.4) is 0 Å². The number of primary amides is 1. The van der Waals surface area contributed by atoms with Crippen LogP contribution in [0.1, 0.15) is 35.3 Å². The van der Waals surface area contributed by atoms with Gasteiger partial charge < -0.3 is 15.5 Å². The summed E-state index contributed by atoms with van der Waals surface area (Å²) >= 11 is 0. The Morgan fingerprint density at radius 2 is 1.65 bits per heavy atom. The molecular formula is C28H27F6N7O2. The highest BCUT2D eigenvalue weighted by atomic mass is 19.4. The SMILES string of the molecule is C[C@@H]1CN(c2cc(F)c(C3=CCN(c4ncc(F)cn4)C3)c(F)c2-n2cc(C(N)=O)c(C(F)(F)F)cc2=O)C[C@H](C)N1C. The van der Waals surface area contributed by atoms with Crippen LogP contribution < -0.4 is 21.1 Å². The van der Waals surface area contributed by atoms with Gasteiger partial charge in [-0.25, -0.2) is 23.1 Å². The number of likely N-dealkylation sites (N-methyl/N-ethyl adjacent to an activating group) is 1. The summed E-state index contributed by atoms with van der Waals surface area (Å²) in [6, 6.07) is 1.03. The highest BCUT2D eigenvalue weighted by Crippen LogP contribution is 2.38. The second-order valence-corrected chi connectivity index (χ2v) is 10.7. The Morgan fingerprint density at radius 1 is 1.02 bits per heavy atom.